The summed E-state index contributed by atoms with van der Waals surface area (Å²) in [6.45, 7) is 0.211. The van der Waals surface area contributed by atoms with Crippen molar-refractivity contribution in [2.75, 3.05) is 6.79 Å². The lowest BCUT2D eigenvalue weighted by Gasteiger charge is -2.08. The molecule has 6 heteroatoms. The average Bonchev–Trinajstić information content (AvgIpc) is 3.10. The zero-order valence-corrected chi connectivity index (χ0v) is 14.5. The second kappa shape index (κ2) is 5.56. The predicted octanol–water partition coefficient (Wildman–Crippen LogP) is 3.96. The Labute approximate surface area is 146 Å². The van der Waals surface area contributed by atoms with E-state index in [2.05, 4.69) is 15.9 Å². The van der Waals surface area contributed by atoms with Crippen molar-refractivity contribution in [2.24, 2.45) is 7.05 Å². The monoisotopic (exact) mass is 387 g/mol. The highest BCUT2D eigenvalue weighted by atomic mass is 79.9. The van der Waals surface area contributed by atoms with Crippen LogP contribution in [0.3, 0.4) is 0 Å². The van der Waals surface area contributed by atoms with E-state index in [-0.39, 0.29) is 13.2 Å². The number of hydrogen-bond acceptors (Lipinski definition) is 3. The normalized spacial score (nSPS) is 12.8. The molecule has 0 fully saturated rings. The quantitative estimate of drug-likeness (QED) is 0.738. The third kappa shape index (κ3) is 2.34. The maximum Gasteiger partial charge on any atom is 0.307 e. The van der Waals surface area contributed by atoms with Crippen LogP contribution < -0.4 is 9.47 Å². The lowest BCUT2D eigenvalue weighted by Crippen LogP contribution is -2.02. The molecule has 1 aromatic heterocycles. The molecule has 0 unspecified atom stereocenters. The summed E-state index contributed by atoms with van der Waals surface area (Å²) >= 11 is 3.47. The summed E-state index contributed by atoms with van der Waals surface area (Å²) < 4.78 is 13.8. The first-order valence-electron chi connectivity index (χ1n) is 7.43. The van der Waals surface area contributed by atoms with Gasteiger partial charge in [0.15, 0.2) is 11.5 Å². The number of carbonyl (C=O) groups is 1. The van der Waals surface area contributed by atoms with Gasteiger partial charge in [0, 0.05) is 28.0 Å². The average molecular weight is 388 g/mol. The Morgan fingerprint density at radius 1 is 1.21 bits per heavy atom. The van der Waals surface area contributed by atoms with Crippen LogP contribution in [-0.2, 0) is 18.3 Å². The molecule has 0 spiro atoms. The van der Waals surface area contributed by atoms with Crippen molar-refractivity contribution < 1.29 is 19.4 Å². The first kappa shape index (κ1) is 15.1. The molecule has 5 nitrogen and oxygen atoms in total. The fourth-order valence-corrected chi connectivity index (χ4v) is 3.60. The Bertz CT molecular complexity index is 977. The number of hydrogen-bond donors (Lipinski definition) is 1. The van der Waals surface area contributed by atoms with Crippen LogP contribution in [0.1, 0.15) is 5.56 Å². The van der Waals surface area contributed by atoms with Crippen LogP contribution in [0.4, 0.5) is 0 Å². The highest BCUT2D eigenvalue weighted by molar-refractivity contribution is 9.10. The van der Waals surface area contributed by atoms with Crippen LogP contribution in [0.25, 0.3) is 22.2 Å². The van der Waals surface area contributed by atoms with Gasteiger partial charge in [0.25, 0.3) is 0 Å². The number of aliphatic carboxylic acids is 1. The summed E-state index contributed by atoms with van der Waals surface area (Å²) in [5.41, 5.74) is 3.57. The minimum absolute atomic E-state index is 0.0441. The van der Waals surface area contributed by atoms with Crippen LogP contribution in [0.15, 0.2) is 40.9 Å². The molecule has 24 heavy (non-hydrogen) atoms. The van der Waals surface area contributed by atoms with E-state index in [0.717, 1.165) is 32.2 Å². The molecule has 0 aliphatic carbocycles. The third-order valence-corrected chi connectivity index (χ3v) is 4.73. The molecule has 3 aromatic rings. The van der Waals surface area contributed by atoms with Crippen LogP contribution >= 0.6 is 15.9 Å². The lowest BCUT2D eigenvalue weighted by atomic mass is 10.0. The number of aryl methyl sites for hydroxylation is 1. The molecule has 2 aromatic carbocycles. The Kier molecular flexibility index (Phi) is 3.49. The smallest absolute Gasteiger partial charge is 0.307 e. The molecular formula is C18H14BrNO4. The number of fused-ring (bicyclic) bond motifs is 2. The second-order valence-electron chi connectivity index (χ2n) is 5.69. The minimum atomic E-state index is -0.857. The highest BCUT2D eigenvalue weighted by Gasteiger charge is 2.21. The molecule has 0 bridgehead atoms. The van der Waals surface area contributed by atoms with Gasteiger partial charge in [-0.2, -0.15) is 0 Å². The summed E-state index contributed by atoms with van der Waals surface area (Å²) in [7, 11) is 1.95. The highest BCUT2D eigenvalue weighted by Crippen LogP contribution is 2.40. The van der Waals surface area contributed by atoms with E-state index >= 15 is 0 Å². The molecule has 1 aliphatic rings. The number of ether oxygens (including phenoxy) is 2. The molecule has 1 N–H and O–H groups in total. The summed E-state index contributed by atoms with van der Waals surface area (Å²) in [5, 5.41) is 10.3. The molecule has 0 saturated carbocycles. The molecule has 0 saturated heterocycles. The van der Waals surface area contributed by atoms with Crippen molar-refractivity contribution in [3.8, 4) is 22.8 Å². The number of nitrogens with zero attached hydrogens (tertiary/aromatic N) is 1. The number of aromatic nitrogens is 1. The van der Waals surface area contributed by atoms with Crippen LogP contribution in [-0.4, -0.2) is 22.4 Å². The Morgan fingerprint density at radius 3 is 2.79 bits per heavy atom. The molecule has 2 heterocycles. The second-order valence-corrected chi connectivity index (χ2v) is 6.60. The summed E-state index contributed by atoms with van der Waals surface area (Å²) in [4.78, 5) is 11.4. The lowest BCUT2D eigenvalue weighted by molar-refractivity contribution is -0.136. The van der Waals surface area contributed by atoms with Gasteiger partial charge in [0.1, 0.15) is 0 Å². The van der Waals surface area contributed by atoms with E-state index < -0.39 is 5.97 Å². The zero-order chi connectivity index (χ0) is 16.8. The van der Waals surface area contributed by atoms with E-state index in [1.165, 1.54) is 0 Å². The SMILES string of the molecule is Cn1c(-c2ccc3c(c2)OCO3)c(CC(=O)O)c2cc(Br)ccc21. The largest absolute Gasteiger partial charge is 0.481 e. The summed E-state index contributed by atoms with van der Waals surface area (Å²) in [6, 6.07) is 11.6. The fraction of sp³-hybridized carbons (Fsp3) is 0.167. The minimum Gasteiger partial charge on any atom is -0.481 e. The first-order chi connectivity index (χ1) is 11.5. The molecular weight excluding hydrogens is 374 g/mol. The van der Waals surface area contributed by atoms with E-state index in [1.54, 1.807) is 0 Å². The Hall–Kier alpha value is -2.47. The molecule has 0 radical (unpaired) electrons. The van der Waals surface area contributed by atoms with Crippen LogP contribution in [0.2, 0.25) is 0 Å². The van der Waals surface area contributed by atoms with Gasteiger partial charge < -0.3 is 19.1 Å². The fourth-order valence-electron chi connectivity index (χ4n) is 3.23. The van der Waals surface area contributed by atoms with Crippen molar-refractivity contribution in [3.63, 3.8) is 0 Å². The number of rotatable bonds is 3. The van der Waals surface area contributed by atoms with Crippen molar-refractivity contribution >= 4 is 32.8 Å². The van der Waals surface area contributed by atoms with Gasteiger partial charge in [0.2, 0.25) is 6.79 Å². The standard InChI is InChI=1S/C18H14BrNO4/c1-20-14-4-3-11(19)7-12(14)13(8-17(21)22)18(20)10-2-5-15-16(6-10)24-9-23-15/h2-7H,8-9H2,1H3,(H,21,22). The molecule has 1 aliphatic heterocycles. The molecule has 0 amide bonds. The number of carboxylic acid groups (broad SMARTS) is 1. The topological polar surface area (TPSA) is 60.7 Å². The van der Waals surface area contributed by atoms with Gasteiger partial charge in [-0.05, 0) is 42.0 Å². The van der Waals surface area contributed by atoms with Crippen molar-refractivity contribution in [3.05, 3.63) is 46.4 Å². The van der Waals surface area contributed by atoms with E-state index in [4.69, 9.17) is 9.47 Å². The van der Waals surface area contributed by atoms with Gasteiger partial charge >= 0.3 is 5.97 Å². The number of benzene rings is 2. The molecule has 122 valence electrons. The van der Waals surface area contributed by atoms with Gasteiger partial charge in [-0.25, -0.2) is 0 Å². The van der Waals surface area contributed by atoms with E-state index in [9.17, 15) is 9.90 Å². The van der Waals surface area contributed by atoms with Gasteiger partial charge in [0.05, 0.1) is 12.1 Å². The Morgan fingerprint density at radius 2 is 2.00 bits per heavy atom. The number of halogens is 1. The maximum absolute atomic E-state index is 11.4. The summed E-state index contributed by atoms with van der Waals surface area (Å²) in [5.74, 6) is 0.532. The zero-order valence-electron chi connectivity index (χ0n) is 12.9. The van der Waals surface area contributed by atoms with Gasteiger partial charge in [-0.3, -0.25) is 4.79 Å². The van der Waals surface area contributed by atoms with Crippen molar-refractivity contribution in [2.45, 2.75) is 6.42 Å². The summed E-state index contributed by atoms with van der Waals surface area (Å²) in [6.07, 6.45) is -0.0441. The Balaban J connectivity index is 1.99. The van der Waals surface area contributed by atoms with E-state index in [0.29, 0.717) is 11.5 Å². The molecule has 4 rings (SSSR count). The van der Waals surface area contributed by atoms with E-state index in [1.807, 2.05) is 48.0 Å². The predicted molar refractivity (Wildman–Crippen MR) is 93.5 cm³/mol. The van der Waals surface area contributed by atoms with Gasteiger partial charge in [-0.15, -0.1) is 0 Å². The van der Waals surface area contributed by atoms with Crippen molar-refractivity contribution in [1.29, 1.82) is 0 Å². The maximum atomic E-state index is 11.4. The van der Waals surface area contributed by atoms with Crippen LogP contribution in [0, 0.1) is 0 Å². The number of carboxylic acids is 1. The van der Waals surface area contributed by atoms with Gasteiger partial charge in [-0.1, -0.05) is 15.9 Å². The first-order valence-corrected chi connectivity index (χ1v) is 8.22. The van der Waals surface area contributed by atoms with Crippen LogP contribution in [0.5, 0.6) is 11.5 Å². The van der Waals surface area contributed by atoms with Crippen molar-refractivity contribution in [1.82, 2.24) is 4.57 Å². The molecule has 0 atom stereocenters. The third-order valence-electron chi connectivity index (χ3n) is 4.24.